The van der Waals surface area contributed by atoms with Crippen molar-refractivity contribution in [3.05, 3.63) is 35.4 Å². The lowest BCUT2D eigenvalue weighted by Crippen LogP contribution is -2.35. The summed E-state index contributed by atoms with van der Waals surface area (Å²) in [5, 5.41) is 27.7. The number of benzene rings is 1. The van der Waals surface area contributed by atoms with Crippen LogP contribution in [-0.4, -0.2) is 38.0 Å². The standard InChI is InChI=1S/C9H12BNO6S/c12-9(13)8-3-1-2-7(4-8)5-18(16,17)11-6-10(14)15/h1-4,11,14-15H,5-6H2,(H,12,13)/p-1. The molecule has 0 amide bonds. The Bertz CT molecular complexity index is 530. The average Bonchev–Trinajstić information content (AvgIpc) is 2.26. The summed E-state index contributed by atoms with van der Waals surface area (Å²) in [4.78, 5) is 10.6. The molecule has 0 radical (unpaired) electrons. The Hall–Kier alpha value is -1.42. The zero-order valence-corrected chi connectivity index (χ0v) is 10.1. The van der Waals surface area contributed by atoms with Crippen molar-refractivity contribution >= 4 is 23.1 Å². The first-order valence-electron chi connectivity index (χ1n) is 4.94. The Labute approximate surface area is 104 Å². The molecule has 3 N–H and O–H groups in total. The van der Waals surface area contributed by atoms with E-state index in [0.29, 0.717) is 0 Å². The number of nitrogens with one attached hydrogen (secondary N) is 1. The maximum atomic E-state index is 11.5. The van der Waals surface area contributed by atoms with Gasteiger partial charge in [-0.15, -0.1) is 0 Å². The van der Waals surface area contributed by atoms with E-state index < -0.39 is 35.3 Å². The molecule has 0 heterocycles. The van der Waals surface area contributed by atoms with Gasteiger partial charge in [0.05, 0.1) is 11.7 Å². The number of carbonyl (C=O) groups is 1. The first-order valence-corrected chi connectivity index (χ1v) is 6.59. The predicted octanol–water partition coefficient (Wildman–Crippen LogP) is -2.52. The molecule has 0 atom stereocenters. The van der Waals surface area contributed by atoms with Gasteiger partial charge in [0.1, 0.15) is 0 Å². The van der Waals surface area contributed by atoms with Crippen LogP contribution in [-0.2, 0) is 15.8 Å². The van der Waals surface area contributed by atoms with Gasteiger partial charge in [0, 0.05) is 6.44 Å². The molecule has 0 aliphatic heterocycles. The average molecular weight is 272 g/mol. The zero-order chi connectivity index (χ0) is 13.8. The smallest absolute Gasteiger partial charge is 0.467 e. The number of carboxylic acids is 1. The molecule has 0 spiro atoms. The predicted molar refractivity (Wildman–Crippen MR) is 61.6 cm³/mol. The van der Waals surface area contributed by atoms with Crippen LogP contribution in [0.15, 0.2) is 24.3 Å². The van der Waals surface area contributed by atoms with E-state index in [0.717, 1.165) is 0 Å². The third-order valence-corrected chi connectivity index (χ3v) is 3.33. The van der Waals surface area contributed by atoms with Crippen LogP contribution in [0, 0.1) is 0 Å². The fourth-order valence-corrected chi connectivity index (χ4v) is 2.38. The molecule has 0 saturated heterocycles. The number of rotatable bonds is 6. The second-order valence-corrected chi connectivity index (χ2v) is 5.38. The van der Waals surface area contributed by atoms with Gasteiger partial charge in [-0.3, -0.25) is 0 Å². The van der Waals surface area contributed by atoms with Crippen molar-refractivity contribution in [2.45, 2.75) is 5.75 Å². The van der Waals surface area contributed by atoms with E-state index in [-0.39, 0.29) is 11.1 Å². The molecule has 0 fully saturated rings. The van der Waals surface area contributed by atoms with Crippen molar-refractivity contribution in [2.24, 2.45) is 0 Å². The Kier molecular flexibility index (Phi) is 4.85. The van der Waals surface area contributed by atoms with E-state index in [1.165, 1.54) is 24.3 Å². The van der Waals surface area contributed by atoms with Crippen molar-refractivity contribution in [2.75, 3.05) is 6.44 Å². The van der Waals surface area contributed by atoms with Gasteiger partial charge in [-0.1, -0.05) is 18.2 Å². The van der Waals surface area contributed by atoms with E-state index in [2.05, 4.69) is 0 Å². The van der Waals surface area contributed by atoms with Crippen molar-refractivity contribution < 1.29 is 28.4 Å². The maximum Gasteiger partial charge on any atom is 0.467 e. The van der Waals surface area contributed by atoms with Crippen LogP contribution in [0.2, 0.25) is 0 Å². The van der Waals surface area contributed by atoms with Crippen LogP contribution in [0.25, 0.3) is 0 Å². The Morgan fingerprint density at radius 2 is 2.06 bits per heavy atom. The van der Waals surface area contributed by atoms with Crippen LogP contribution >= 0.6 is 0 Å². The lowest BCUT2D eigenvalue weighted by molar-refractivity contribution is -0.255. The summed E-state index contributed by atoms with van der Waals surface area (Å²) >= 11 is 0. The molecular formula is C9H11BNO6S-. The number of hydrogen-bond acceptors (Lipinski definition) is 6. The molecule has 1 rings (SSSR count). The fourth-order valence-electron chi connectivity index (χ4n) is 1.26. The SMILES string of the molecule is O=C([O-])c1cccc(CS(=O)(=O)NCB(O)O)c1. The highest BCUT2D eigenvalue weighted by atomic mass is 32.2. The molecule has 98 valence electrons. The molecule has 0 aliphatic rings. The van der Waals surface area contributed by atoms with E-state index in [4.69, 9.17) is 10.0 Å². The Morgan fingerprint density at radius 1 is 1.39 bits per heavy atom. The lowest BCUT2D eigenvalue weighted by Gasteiger charge is -2.08. The van der Waals surface area contributed by atoms with Crippen molar-refractivity contribution in [3.63, 3.8) is 0 Å². The van der Waals surface area contributed by atoms with Gasteiger partial charge >= 0.3 is 7.12 Å². The second kappa shape index (κ2) is 5.96. The lowest BCUT2D eigenvalue weighted by atomic mass is 9.94. The minimum absolute atomic E-state index is 0.120. The molecule has 7 nitrogen and oxygen atoms in total. The molecule has 1 aromatic rings. The van der Waals surface area contributed by atoms with Gasteiger partial charge in [0.25, 0.3) is 0 Å². The molecule has 0 aromatic heterocycles. The highest BCUT2D eigenvalue weighted by Gasteiger charge is 2.15. The summed E-state index contributed by atoms with van der Waals surface area (Å²) < 4.78 is 24.9. The number of sulfonamides is 1. The Morgan fingerprint density at radius 3 is 2.61 bits per heavy atom. The second-order valence-electron chi connectivity index (χ2n) is 3.58. The fraction of sp³-hybridized carbons (Fsp3) is 0.222. The number of aromatic carboxylic acids is 1. The molecule has 0 bridgehead atoms. The first-order chi connectivity index (χ1) is 8.30. The summed E-state index contributed by atoms with van der Waals surface area (Å²) in [5.41, 5.74) is 0.140. The third kappa shape index (κ3) is 4.84. The van der Waals surface area contributed by atoms with E-state index in [1.807, 2.05) is 4.72 Å². The molecule has 0 saturated carbocycles. The maximum absolute atomic E-state index is 11.5. The van der Waals surface area contributed by atoms with Gasteiger partial charge in [0.15, 0.2) is 0 Å². The van der Waals surface area contributed by atoms with Crippen LogP contribution in [0.5, 0.6) is 0 Å². The summed E-state index contributed by atoms with van der Waals surface area (Å²) in [6.45, 7) is 0. The summed E-state index contributed by atoms with van der Waals surface area (Å²) in [6.07, 6.45) is -0.525. The first kappa shape index (κ1) is 14.6. The molecule has 0 aliphatic carbocycles. The minimum Gasteiger partial charge on any atom is -0.545 e. The highest BCUT2D eigenvalue weighted by Crippen LogP contribution is 2.08. The molecule has 18 heavy (non-hydrogen) atoms. The van der Waals surface area contributed by atoms with Crippen LogP contribution in [0.1, 0.15) is 15.9 Å². The van der Waals surface area contributed by atoms with Gasteiger partial charge in [-0.2, -0.15) is 0 Å². The quantitative estimate of drug-likeness (QED) is 0.490. The Balaban J connectivity index is 2.78. The largest absolute Gasteiger partial charge is 0.545 e. The van der Waals surface area contributed by atoms with E-state index in [9.17, 15) is 18.3 Å². The summed E-state index contributed by atoms with van der Waals surface area (Å²) in [5.74, 6) is -1.85. The topological polar surface area (TPSA) is 127 Å². The normalized spacial score (nSPS) is 11.2. The third-order valence-electron chi connectivity index (χ3n) is 2.01. The van der Waals surface area contributed by atoms with Gasteiger partial charge in [-0.25, -0.2) is 13.1 Å². The number of hydrogen-bond donors (Lipinski definition) is 3. The van der Waals surface area contributed by atoms with Crippen LogP contribution < -0.4 is 9.83 Å². The van der Waals surface area contributed by atoms with Gasteiger partial charge in [0.2, 0.25) is 10.0 Å². The van der Waals surface area contributed by atoms with Gasteiger partial charge in [-0.05, 0) is 17.2 Å². The monoisotopic (exact) mass is 272 g/mol. The van der Waals surface area contributed by atoms with Crippen molar-refractivity contribution in [1.82, 2.24) is 4.72 Å². The van der Waals surface area contributed by atoms with E-state index >= 15 is 0 Å². The van der Waals surface area contributed by atoms with Crippen molar-refractivity contribution in [3.8, 4) is 0 Å². The molecule has 9 heteroatoms. The van der Waals surface area contributed by atoms with Crippen LogP contribution in [0.4, 0.5) is 0 Å². The van der Waals surface area contributed by atoms with E-state index in [1.54, 1.807) is 0 Å². The molecule has 0 unspecified atom stereocenters. The molecule has 1 aromatic carbocycles. The molecular weight excluding hydrogens is 261 g/mol. The number of carboxylic acid groups (broad SMARTS) is 1. The minimum atomic E-state index is -3.76. The van der Waals surface area contributed by atoms with Crippen molar-refractivity contribution in [1.29, 1.82) is 0 Å². The van der Waals surface area contributed by atoms with Crippen LogP contribution in [0.3, 0.4) is 0 Å². The summed E-state index contributed by atoms with van der Waals surface area (Å²) in [6, 6.07) is 5.32. The highest BCUT2D eigenvalue weighted by molar-refractivity contribution is 7.88. The van der Waals surface area contributed by atoms with Gasteiger partial charge < -0.3 is 19.9 Å². The number of carbonyl (C=O) groups excluding carboxylic acids is 1. The zero-order valence-electron chi connectivity index (χ0n) is 9.24. The summed E-state index contributed by atoms with van der Waals surface area (Å²) in [7, 11) is -5.54.